The maximum Gasteiger partial charge on any atom is 0.270 e. The standard InChI is InChI=1S/C11H11N3O3/c15-11(9-4-5-9)13-12-7-8-2-1-3-10(6-8)14(16)17/h1-3,6-7,9H,4-5H2,(H,13,15). The number of amides is 1. The van der Waals surface area contributed by atoms with Gasteiger partial charge in [-0.2, -0.15) is 5.10 Å². The average molecular weight is 233 g/mol. The fourth-order valence-corrected chi connectivity index (χ4v) is 1.33. The maximum atomic E-state index is 11.2. The molecule has 0 saturated heterocycles. The van der Waals surface area contributed by atoms with E-state index in [0.29, 0.717) is 5.56 Å². The Kier molecular flexibility index (Phi) is 3.13. The summed E-state index contributed by atoms with van der Waals surface area (Å²) >= 11 is 0. The van der Waals surface area contributed by atoms with E-state index in [1.54, 1.807) is 12.1 Å². The number of nitrogens with zero attached hydrogens (tertiary/aromatic N) is 2. The molecule has 88 valence electrons. The normalized spacial score (nSPS) is 14.8. The number of carbonyl (C=O) groups excluding carboxylic acids is 1. The summed E-state index contributed by atoms with van der Waals surface area (Å²) in [6, 6.07) is 6.05. The summed E-state index contributed by atoms with van der Waals surface area (Å²) < 4.78 is 0. The fourth-order valence-electron chi connectivity index (χ4n) is 1.33. The van der Waals surface area contributed by atoms with Crippen LogP contribution in [0.15, 0.2) is 29.4 Å². The van der Waals surface area contributed by atoms with Crippen molar-refractivity contribution in [3.63, 3.8) is 0 Å². The van der Waals surface area contributed by atoms with Gasteiger partial charge in [0.2, 0.25) is 5.91 Å². The molecule has 1 aromatic rings. The largest absolute Gasteiger partial charge is 0.273 e. The van der Waals surface area contributed by atoms with Crippen LogP contribution in [0, 0.1) is 16.0 Å². The van der Waals surface area contributed by atoms with Gasteiger partial charge >= 0.3 is 0 Å². The first-order valence-electron chi connectivity index (χ1n) is 5.24. The molecule has 1 aromatic carbocycles. The van der Waals surface area contributed by atoms with Gasteiger partial charge in [0, 0.05) is 23.6 Å². The van der Waals surface area contributed by atoms with Gasteiger partial charge in [-0.05, 0) is 12.8 Å². The number of hydrogen-bond acceptors (Lipinski definition) is 4. The van der Waals surface area contributed by atoms with Crippen LogP contribution in [0.25, 0.3) is 0 Å². The van der Waals surface area contributed by atoms with Crippen molar-refractivity contribution < 1.29 is 9.72 Å². The van der Waals surface area contributed by atoms with Crippen LogP contribution in [0.1, 0.15) is 18.4 Å². The van der Waals surface area contributed by atoms with Crippen molar-refractivity contribution in [3.8, 4) is 0 Å². The zero-order valence-corrected chi connectivity index (χ0v) is 9.00. The molecule has 6 heteroatoms. The summed E-state index contributed by atoms with van der Waals surface area (Å²) in [5, 5.41) is 14.3. The van der Waals surface area contributed by atoms with Crippen molar-refractivity contribution in [1.29, 1.82) is 0 Å². The van der Waals surface area contributed by atoms with Crippen molar-refractivity contribution in [2.24, 2.45) is 11.0 Å². The van der Waals surface area contributed by atoms with Crippen LogP contribution in [-0.2, 0) is 4.79 Å². The Morgan fingerprint density at radius 2 is 2.29 bits per heavy atom. The third kappa shape index (κ3) is 3.10. The molecule has 1 aliphatic carbocycles. The molecule has 1 fully saturated rings. The smallest absolute Gasteiger partial charge is 0.270 e. The first-order valence-corrected chi connectivity index (χ1v) is 5.24. The predicted octanol–water partition coefficient (Wildman–Crippen LogP) is 1.45. The van der Waals surface area contributed by atoms with Crippen LogP contribution in [0.2, 0.25) is 0 Å². The number of nitrogens with one attached hydrogen (secondary N) is 1. The lowest BCUT2D eigenvalue weighted by atomic mass is 10.2. The second-order valence-corrected chi connectivity index (χ2v) is 3.86. The molecule has 17 heavy (non-hydrogen) atoms. The maximum absolute atomic E-state index is 11.2. The van der Waals surface area contributed by atoms with Gasteiger partial charge in [0.05, 0.1) is 11.1 Å². The summed E-state index contributed by atoms with van der Waals surface area (Å²) in [5.41, 5.74) is 2.98. The minimum Gasteiger partial charge on any atom is -0.273 e. The molecule has 0 spiro atoms. The Hall–Kier alpha value is -2.24. The van der Waals surface area contributed by atoms with E-state index in [1.165, 1.54) is 18.3 Å². The molecule has 0 atom stereocenters. The number of hydrogen-bond donors (Lipinski definition) is 1. The van der Waals surface area contributed by atoms with E-state index in [2.05, 4.69) is 10.5 Å². The van der Waals surface area contributed by atoms with Gasteiger partial charge in [0.15, 0.2) is 0 Å². The zero-order valence-electron chi connectivity index (χ0n) is 9.00. The summed E-state index contributed by atoms with van der Waals surface area (Å²) in [5.74, 6) is 0.00365. The molecule has 1 amide bonds. The van der Waals surface area contributed by atoms with E-state index in [4.69, 9.17) is 0 Å². The van der Waals surface area contributed by atoms with Gasteiger partial charge < -0.3 is 0 Å². The molecule has 1 aliphatic rings. The van der Waals surface area contributed by atoms with Crippen LogP contribution in [-0.4, -0.2) is 17.0 Å². The molecule has 1 saturated carbocycles. The van der Waals surface area contributed by atoms with Gasteiger partial charge in [0.1, 0.15) is 0 Å². The van der Waals surface area contributed by atoms with Crippen LogP contribution in [0.4, 0.5) is 5.69 Å². The van der Waals surface area contributed by atoms with Crippen molar-refractivity contribution in [3.05, 3.63) is 39.9 Å². The Labute approximate surface area is 97.5 Å². The van der Waals surface area contributed by atoms with E-state index in [1.807, 2.05) is 0 Å². The topological polar surface area (TPSA) is 84.6 Å². The molecule has 0 heterocycles. The van der Waals surface area contributed by atoms with Crippen LogP contribution >= 0.6 is 0 Å². The number of nitro groups is 1. The highest BCUT2D eigenvalue weighted by Crippen LogP contribution is 2.28. The van der Waals surface area contributed by atoms with E-state index in [9.17, 15) is 14.9 Å². The second-order valence-electron chi connectivity index (χ2n) is 3.86. The summed E-state index contributed by atoms with van der Waals surface area (Å²) in [4.78, 5) is 21.3. The van der Waals surface area contributed by atoms with Gasteiger partial charge in [-0.25, -0.2) is 5.43 Å². The Morgan fingerprint density at radius 3 is 2.94 bits per heavy atom. The molecular weight excluding hydrogens is 222 g/mol. The highest BCUT2D eigenvalue weighted by Gasteiger charge is 2.29. The number of nitro benzene ring substituents is 1. The van der Waals surface area contributed by atoms with Gasteiger partial charge in [-0.15, -0.1) is 0 Å². The minimum absolute atomic E-state index is 0.00229. The monoisotopic (exact) mass is 233 g/mol. The number of rotatable bonds is 4. The SMILES string of the molecule is O=C(NN=Cc1cccc([N+](=O)[O-])c1)C1CC1. The minimum atomic E-state index is -0.472. The van der Waals surface area contributed by atoms with Crippen molar-refractivity contribution in [2.45, 2.75) is 12.8 Å². The average Bonchev–Trinajstić information content (AvgIpc) is 3.13. The number of non-ortho nitro benzene ring substituents is 1. The first kappa shape index (κ1) is 11.3. The quantitative estimate of drug-likeness (QED) is 0.485. The summed E-state index contributed by atoms with van der Waals surface area (Å²) in [6.07, 6.45) is 3.23. The van der Waals surface area contributed by atoms with Crippen molar-refractivity contribution in [1.82, 2.24) is 5.43 Å². The predicted molar refractivity (Wildman–Crippen MR) is 61.6 cm³/mol. The Morgan fingerprint density at radius 1 is 1.53 bits per heavy atom. The van der Waals surface area contributed by atoms with E-state index in [0.717, 1.165) is 12.8 Å². The van der Waals surface area contributed by atoms with Crippen molar-refractivity contribution in [2.75, 3.05) is 0 Å². The molecule has 6 nitrogen and oxygen atoms in total. The molecule has 1 N–H and O–H groups in total. The van der Waals surface area contributed by atoms with Crippen LogP contribution < -0.4 is 5.43 Å². The van der Waals surface area contributed by atoms with Crippen LogP contribution in [0.3, 0.4) is 0 Å². The van der Waals surface area contributed by atoms with Gasteiger partial charge in [-0.3, -0.25) is 14.9 Å². The van der Waals surface area contributed by atoms with Gasteiger partial charge in [0.25, 0.3) is 5.69 Å². The van der Waals surface area contributed by atoms with E-state index < -0.39 is 4.92 Å². The zero-order chi connectivity index (χ0) is 12.3. The summed E-state index contributed by atoms with van der Waals surface area (Å²) in [6.45, 7) is 0. The lowest BCUT2D eigenvalue weighted by molar-refractivity contribution is -0.384. The fraction of sp³-hybridized carbons (Fsp3) is 0.273. The first-order chi connectivity index (χ1) is 8.16. The molecule has 0 aliphatic heterocycles. The lowest BCUT2D eigenvalue weighted by Gasteiger charge is -1.96. The Bertz CT molecular complexity index is 481. The number of benzene rings is 1. The molecule has 0 unspecified atom stereocenters. The molecule has 2 rings (SSSR count). The number of carbonyl (C=O) groups is 1. The molecule has 0 aromatic heterocycles. The lowest BCUT2D eigenvalue weighted by Crippen LogP contribution is -2.18. The highest BCUT2D eigenvalue weighted by atomic mass is 16.6. The third-order valence-electron chi connectivity index (χ3n) is 2.42. The van der Waals surface area contributed by atoms with E-state index in [-0.39, 0.29) is 17.5 Å². The van der Waals surface area contributed by atoms with Crippen LogP contribution in [0.5, 0.6) is 0 Å². The second kappa shape index (κ2) is 4.73. The molecular formula is C11H11N3O3. The van der Waals surface area contributed by atoms with Crippen molar-refractivity contribution >= 4 is 17.8 Å². The summed E-state index contributed by atoms with van der Waals surface area (Å²) in [7, 11) is 0. The molecule has 0 bridgehead atoms. The number of hydrazone groups is 1. The van der Waals surface area contributed by atoms with Gasteiger partial charge in [-0.1, -0.05) is 12.1 Å². The van der Waals surface area contributed by atoms with E-state index >= 15 is 0 Å². The highest BCUT2D eigenvalue weighted by molar-refractivity contribution is 5.84. The molecule has 0 radical (unpaired) electrons. The Balaban J connectivity index is 1.97. The third-order valence-corrected chi connectivity index (χ3v) is 2.42.